The fourth-order valence-corrected chi connectivity index (χ4v) is 3.50. The maximum Gasteiger partial charge on any atom is 0.308 e. The van der Waals surface area contributed by atoms with Crippen LogP contribution in [0.1, 0.15) is 19.1 Å². The highest BCUT2D eigenvalue weighted by atomic mass is 32.2. The molecule has 2 amide bonds. The second-order valence-corrected chi connectivity index (χ2v) is 6.97. The molecule has 7 nitrogen and oxygen atoms in total. The zero-order chi connectivity index (χ0) is 18.5. The Morgan fingerprint density at radius 1 is 1.31 bits per heavy atom. The minimum atomic E-state index is -0.957. The number of nitrogens with one attached hydrogen (secondary N) is 2. The number of esters is 1. The Balaban J connectivity index is 1.49. The van der Waals surface area contributed by atoms with Gasteiger partial charge in [0.1, 0.15) is 5.76 Å². The molecule has 136 valence electrons. The summed E-state index contributed by atoms with van der Waals surface area (Å²) in [6, 6.07) is 10.8. The van der Waals surface area contributed by atoms with Gasteiger partial charge in [0.25, 0.3) is 5.91 Å². The lowest BCUT2D eigenvalue weighted by molar-refractivity contribution is -0.155. The summed E-state index contributed by atoms with van der Waals surface area (Å²) in [4.78, 5) is 37.1. The summed E-state index contributed by atoms with van der Waals surface area (Å²) in [5, 5.41) is 4.80. The third-order valence-electron chi connectivity index (χ3n) is 3.75. The average Bonchev–Trinajstić information content (AvgIpc) is 3.13. The molecule has 0 radical (unpaired) electrons. The van der Waals surface area contributed by atoms with Crippen molar-refractivity contribution >= 4 is 35.2 Å². The number of para-hydroxylation sites is 1. The first-order chi connectivity index (χ1) is 12.5. The monoisotopic (exact) mass is 374 g/mol. The molecule has 0 saturated heterocycles. The number of amides is 2. The Morgan fingerprint density at radius 2 is 2.12 bits per heavy atom. The van der Waals surface area contributed by atoms with Crippen LogP contribution in [-0.4, -0.2) is 29.1 Å². The SMILES string of the molecule is C[C@@H](OC(=O)C[C@H]1Sc2ccccc2NC1=O)C(=O)NCc1ccco1. The number of hydrogen-bond acceptors (Lipinski definition) is 6. The average molecular weight is 374 g/mol. The first-order valence-electron chi connectivity index (χ1n) is 8.09. The van der Waals surface area contributed by atoms with Gasteiger partial charge in [0.15, 0.2) is 6.10 Å². The number of thioether (sulfide) groups is 1. The van der Waals surface area contributed by atoms with Gasteiger partial charge in [-0.1, -0.05) is 12.1 Å². The van der Waals surface area contributed by atoms with Crippen LogP contribution in [0.15, 0.2) is 52.0 Å². The predicted molar refractivity (Wildman–Crippen MR) is 95.4 cm³/mol. The highest BCUT2D eigenvalue weighted by molar-refractivity contribution is 8.01. The Hall–Kier alpha value is -2.74. The lowest BCUT2D eigenvalue weighted by Gasteiger charge is -2.23. The molecule has 26 heavy (non-hydrogen) atoms. The quantitative estimate of drug-likeness (QED) is 0.753. The largest absolute Gasteiger partial charge is 0.467 e. The number of anilines is 1. The normalized spacial score (nSPS) is 17.0. The molecule has 0 aliphatic carbocycles. The summed E-state index contributed by atoms with van der Waals surface area (Å²) in [5.74, 6) is -0.676. The number of fused-ring (bicyclic) bond motifs is 1. The van der Waals surface area contributed by atoms with E-state index >= 15 is 0 Å². The molecule has 8 heteroatoms. The van der Waals surface area contributed by atoms with E-state index in [0.29, 0.717) is 5.76 Å². The molecular formula is C18H18N2O5S. The van der Waals surface area contributed by atoms with Gasteiger partial charge in [-0.2, -0.15) is 0 Å². The van der Waals surface area contributed by atoms with E-state index < -0.39 is 23.2 Å². The van der Waals surface area contributed by atoms with Gasteiger partial charge in [-0.15, -0.1) is 11.8 Å². The van der Waals surface area contributed by atoms with Crippen LogP contribution in [0.3, 0.4) is 0 Å². The van der Waals surface area contributed by atoms with E-state index in [1.54, 1.807) is 18.2 Å². The van der Waals surface area contributed by atoms with Crippen LogP contribution >= 0.6 is 11.8 Å². The smallest absolute Gasteiger partial charge is 0.308 e. The van der Waals surface area contributed by atoms with Crippen LogP contribution in [0.5, 0.6) is 0 Å². The second kappa shape index (κ2) is 8.09. The Kier molecular flexibility index (Phi) is 5.62. The molecule has 0 bridgehead atoms. The molecule has 0 unspecified atom stereocenters. The maximum absolute atomic E-state index is 12.1. The van der Waals surface area contributed by atoms with E-state index in [4.69, 9.17) is 9.15 Å². The van der Waals surface area contributed by atoms with Crippen LogP contribution in [0, 0.1) is 0 Å². The van der Waals surface area contributed by atoms with Gasteiger partial charge in [-0.25, -0.2) is 0 Å². The summed E-state index contributed by atoms with van der Waals surface area (Å²) < 4.78 is 10.3. The summed E-state index contributed by atoms with van der Waals surface area (Å²) in [7, 11) is 0. The van der Waals surface area contributed by atoms with Crippen molar-refractivity contribution < 1.29 is 23.5 Å². The molecule has 2 N–H and O–H groups in total. The second-order valence-electron chi connectivity index (χ2n) is 5.73. The van der Waals surface area contributed by atoms with Crippen LogP contribution in [0.2, 0.25) is 0 Å². The summed E-state index contributed by atoms with van der Waals surface area (Å²) >= 11 is 1.31. The summed E-state index contributed by atoms with van der Waals surface area (Å²) in [6.07, 6.45) is 0.442. The van der Waals surface area contributed by atoms with Crippen molar-refractivity contribution in [3.63, 3.8) is 0 Å². The van der Waals surface area contributed by atoms with Crippen molar-refractivity contribution in [1.82, 2.24) is 5.32 Å². The minimum Gasteiger partial charge on any atom is -0.467 e. The van der Waals surface area contributed by atoms with Crippen molar-refractivity contribution in [3.8, 4) is 0 Å². The number of hydrogen-bond donors (Lipinski definition) is 2. The zero-order valence-electron chi connectivity index (χ0n) is 14.1. The van der Waals surface area contributed by atoms with Gasteiger partial charge in [0, 0.05) is 4.90 Å². The number of carbonyl (C=O) groups excluding carboxylic acids is 3. The molecule has 2 aromatic rings. The van der Waals surface area contributed by atoms with Crippen molar-refractivity contribution in [1.29, 1.82) is 0 Å². The molecule has 0 fully saturated rings. The molecule has 2 atom stereocenters. The molecular weight excluding hydrogens is 356 g/mol. The van der Waals surface area contributed by atoms with Crippen molar-refractivity contribution in [3.05, 3.63) is 48.4 Å². The molecule has 3 rings (SSSR count). The van der Waals surface area contributed by atoms with Gasteiger partial charge in [-0.05, 0) is 31.2 Å². The summed E-state index contributed by atoms with van der Waals surface area (Å²) in [5.41, 5.74) is 0.734. The molecule has 1 aromatic carbocycles. The fraction of sp³-hybridized carbons (Fsp3) is 0.278. The Morgan fingerprint density at radius 3 is 2.88 bits per heavy atom. The fourth-order valence-electron chi connectivity index (χ4n) is 2.41. The number of furan rings is 1. The molecule has 1 aliphatic rings. The van der Waals surface area contributed by atoms with Gasteiger partial charge < -0.3 is 19.8 Å². The highest BCUT2D eigenvalue weighted by Crippen LogP contribution is 2.36. The number of benzene rings is 1. The topological polar surface area (TPSA) is 97.6 Å². The van der Waals surface area contributed by atoms with E-state index in [0.717, 1.165) is 10.6 Å². The molecule has 1 aromatic heterocycles. The molecule has 2 heterocycles. The highest BCUT2D eigenvalue weighted by Gasteiger charge is 2.30. The minimum absolute atomic E-state index is 0.110. The van der Waals surface area contributed by atoms with Crippen LogP contribution < -0.4 is 10.6 Å². The van der Waals surface area contributed by atoms with Crippen LogP contribution in [0.25, 0.3) is 0 Å². The molecule has 0 saturated carbocycles. The Bertz CT molecular complexity index is 806. The van der Waals surface area contributed by atoms with E-state index in [-0.39, 0.29) is 18.9 Å². The summed E-state index contributed by atoms with van der Waals surface area (Å²) in [6.45, 7) is 1.70. The predicted octanol–water partition coefficient (Wildman–Crippen LogP) is 2.33. The zero-order valence-corrected chi connectivity index (χ0v) is 14.9. The van der Waals surface area contributed by atoms with E-state index in [2.05, 4.69) is 10.6 Å². The van der Waals surface area contributed by atoms with Gasteiger partial charge in [0.2, 0.25) is 5.91 Å². The third-order valence-corrected chi connectivity index (χ3v) is 5.03. The van der Waals surface area contributed by atoms with E-state index in [1.807, 2.05) is 18.2 Å². The van der Waals surface area contributed by atoms with Crippen molar-refractivity contribution in [2.24, 2.45) is 0 Å². The third kappa shape index (κ3) is 4.45. The number of rotatable bonds is 6. The van der Waals surface area contributed by atoms with Gasteiger partial charge in [-0.3, -0.25) is 14.4 Å². The van der Waals surface area contributed by atoms with Gasteiger partial charge in [0.05, 0.1) is 30.2 Å². The first-order valence-corrected chi connectivity index (χ1v) is 8.97. The lowest BCUT2D eigenvalue weighted by Crippen LogP contribution is -2.37. The number of ether oxygens (including phenoxy) is 1. The van der Waals surface area contributed by atoms with Crippen molar-refractivity contribution in [2.75, 3.05) is 5.32 Å². The maximum atomic E-state index is 12.1. The van der Waals surface area contributed by atoms with Crippen LogP contribution in [0.4, 0.5) is 5.69 Å². The lowest BCUT2D eigenvalue weighted by atomic mass is 10.2. The standard InChI is InChI=1S/C18H18N2O5S/c1-11(17(22)19-10-12-5-4-8-24-12)25-16(21)9-15-18(23)20-13-6-2-3-7-14(13)26-15/h2-8,11,15H,9-10H2,1H3,(H,19,22)(H,20,23)/t11-,15-/m1/s1. The molecule has 0 spiro atoms. The number of carbonyl (C=O) groups is 3. The van der Waals surface area contributed by atoms with Crippen LogP contribution in [-0.2, 0) is 25.7 Å². The van der Waals surface area contributed by atoms with Gasteiger partial charge >= 0.3 is 5.97 Å². The Labute approximate surface area is 154 Å². The molecule has 1 aliphatic heterocycles. The van der Waals surface area contributed by atoms with E-state index in [1.165, 1.54) is 24.9 Å². The van der Waals surface area contributed by atoms with E-state index in [9.17, 15) is 14.4 Å². The first kappa shape index (κ1) is 18.1. The van der Waals surface area contributed by atoms with Crippen molar-refractivity contribution in [2.45, 2.75) is 36.1 Å².